The Kier molecular flexibility index (Phi) is 1.92. The summed E-state index contributed by atoms with van der Waals surface area (Å²) in [4.78, 5) is 27.2. The Bertz CT molecular complexity index is 509. The lowest BCUT2D eigenvalue weighted by Gasteiger charge is -2.01. The number of carbonyl (C=O) groups excluding carboxylic acids is 1. The molecule has 2 rings (SSSR count). The van der Waals surface area contributed by atoms with Crippen LogP contribution >= 0.6 is 0 Å². The van der Waals surface area contributed by atoms with Gasteiger partial charge in [-0.15, -0.1) is 0 Å². The lowest BCUT2D eigenvalue weighted by atomic mass is 10.2. The SMILES string of the molecule is CC(=O)c1nc2cncnc2nc1C. The van der Waals surface area contributed by atoms with Crippen LogP contribution in [0.25, 0.3) is 11.2 Å². The lowest BCUT2D eigenvalue weighted by Crippen LogP contribution is -2.04. The molecule has 0 unspecified atom stereocenters. The molecule has 5 heteroatoms. The Labute approximate surface area is 80.2 Å². The van der Waals surface area contributed by atoms with E-state index in [9.17, 15) is 4.79 Å². The molecule has 0 N–H and O–H groups in total. The second kappa shape index (κ2) is 3.10. The number of hydrogen-bond donors (Lipinski definition) is 0. The molecule has 0 atom stereocenters. The maximum absolute atomic E-state index is 11.2. The van der Waals surface area contributed by atoms with Gasteiger partial charge in [0.1, 0.15) is 17.5 Å². The smallest absolute Gasteiger partial charge is 0.181 e. The third kappa shape index (κ3) is 1.32. The highest BCUT2D eigenvalue weighted by Gasteiger charge is 2.09. The molecule has 0 spiro atoms. The highest BCUT2D eigenvalue weighted by Crippen LogP contribution is 2.09. The highest BCUT2D eigenvalue weighted by atomic mass is 16.1. The van der Waals surface area contributed by atoms with Gasteiger partial charge in [0, 0.05) is 6.92 Å². The Morgan fingerprint density at radius 1 is 1.36 bits per heavy atom. The second-order valence-corrected chi connectivity index (χ2v) is 2.95. The Morgan fingerprint density at radius 3 is 2.86 bits per heavy atom. The minimum absolute atomic E-state index is 0.0965. The normalized spacial score (nSPS) is 10.4. The van der Waals surface area contributed by atoms with Crippen LogP contribution < -0.4 is 0 Å². The van der Waals surface area contributed by atoms with Crippen molar-refractivity contribution in [2.75, 3.05) is 0 Å². The van der Waals surface area contributed by atoms with E-state index in [-0.39, 0.29) is 5.78 Å². The van der Waals surface area contributed by atoms with Crippen LogP contribution in [-0.4, -0.2) is 25.7 Å². The van der Waals surface area contributed by atoms with Crippen LogP contribution in [0.2, 0.25) is 0 Å². The molecule has 70 valence electrons. The molecule has 0 saturated carbocycles. The van der Waals surface area contributed by atoms with Gasteiger partial charge < -0.3 is 0 Å². The zero-order valence-electron chi connectivity index (χ0n) is 7.85. The molecule has 0 aliphatic carbocycles. The van der Waals surface area contributed by atoms with Crippen molar-refractivity contribution in [2.45, 2.75) is 13.8 Å². The number of nitrogens with zero attached hydrogens (tertiary/aromatic N) is 4. The predicted molar refractivity (Wildman–Crippen MR) is 49.9 cm³/mol. The van der Waals surface area contributed by atoms with Gasteiger partial charge in [0.15, 0.2) is 11.4 Å². The Hall–Kier alpha value is -1.91. The van der Waals surface area contributed by atoms with E-state index in [0.29, 0.717) is 22.6 Å². The van der Waals surface area contributed by atoms with Gasteiger partial charge in [0.2, 0.25) is 0 Å². The first-order valence-corrected chi connectivity index (χ1v) is 4.14. The molecule has 0 saturated heterocycles. The summed E-state index contributed by atoms with van der Waals surface area (Å²) in [6, 6.07) is 0. The monoisotopic (exact) mass is 188 g/mol. The van der Waals surface area contributed by atoms with E-state index in [4.69, 9.17) is 0 Å². The van der Waals surface area contributed by atoms with Crippen molar-refractivity contribution in [1.29, 1.82) is 0 Å². The number of aryl methyl sites for hydroxylation is 1. The molecule has 0 aliphatic heterocycles. The molecule has 5 nitrogen and oxygen atoms in total. The first kappa shape index (κ1) is 8.68. The predicted octanol–water partition coefficient (Wildman–Crippen LogP) is 0.931. The average molecular weight is 188 g/mol. The van der Waals surface area contributed by atoms with E-state index in [1.165, 1.54) is 13.3 Å². The molecule has 0 aromatic carbocycles. The van der Waals surface area contributed by atoms with Crippen LogP contribution in [0.4, 0.5) is 0 Å². The first-order chi connectivity index (χ1) is 6.68. The number of fused-ring (bicyclic) bond motifs is 1. The summed E-state index contributed by atoms with van der Waals surface area (Å²) in [5.74, 6) is -0.0965. The largest absolute Gasteiger partial charge is 0.293 e. The molecule has 0 amide bonds. The van der Waals surface area contributed by atoms with Crippen molar-refractivity contribution in [3.05, 3.63) is 23.9 Å². The second-order valence-electron chi connectivity index (χ2n) is 2.95. The van der Waals surface area contributed by atoms with Crippen LogP contribution in [0.3, 0.4) is 0 Å². The lowest BCUT2D eigenvalue weighted by molar-refractivity contribution is 0.101. The van der Waals surface area contributed by atoms with Crippen LogP contribution in [-0.2, 0) is 0 Å². The van der Waals surface area contributed by atoms with E-state index in [0.717, 1.165) is 0 Å². The fourth-order valence-corrected chi connectivity index (χ4v) is 1.23. The number of Topliss-reactive ketones (excluding diaryl/α,β-unsaturated/α-hetero) is 1. The van der Waals surface area contributed by atoms with E-state index in [2.05, 4.69) is 19.9 Å². The molecule has 0 fully saturated rings. The van der Waals surface area contributed by atoms with Crippen molar-refractivity contribution in [3.8, 4) is 0 Å². The van der Waals surface area contributed by atoms with Crippen LogP contribution in [0.5, 0.6) is 0 Å². The fraction of sp³-hybridized carbons (Fsp3) is 0.222. The summed E-state index contributed by atoms with van der Waals surface area (Å²) in [5, 5.41) is 0. The van der Waals surface area contributed by atoms with Crippen LogP contribution in [0, 0.1) is 6.92 Å². The molecular weight excluding hydrogens is 180 g/mol. The van der Waals surface area contributed by atoms with E-state index in [1.807, 2.05) is 0 Å². The molecule has 0 bridgehead atoms. The van der Waals surface area contributed by atoms with Gasteiger partial charge in [-0.25, -0.2) is 19.9 Å². The number of carbonyl (C=O) groups is 1. The fourth-order valence-electron chi connectivity index (χ4n) is 1.23. The van der Waals surface area contributed by atoms with Gasteiger partial charge in [-0.05, 0) is 6.92 Å². The van der Waals surface area contributed by atoms with Gasteiger partial charge in [-0.1, -0.05) is 0 Å². The van der Waals surface area contributed by atoms with E-state index in [1.54, 1.807) is 13.1 Å². The molecule has 2 aromatic heterocycles. The van der Waals surface area contributed by atoms with E-state index < -0.39 is 0 Å². The average Bonchev–Trinajstić information content (AvgIpc) is 2.16. The molecule has 0 aliphatic rings. The number of aromatic nitrogens is 4. The highest BCUT2D eigenvalue weighted by molar-refractivity contribution is 5.94. The van der Waals surface area contributed by atoms with Crippen molar-refractivity contribution in [3.63, 3.8) is 0 Å². The zero-order valence-corrected chi connectivity index (χ0v) is 7.85. The summed E-state index contributed by atoms with van der Waals surface area (Å²) >= 11 is 0. The number of hydrogen-bond acceptors (Lipinski definition) is 5. The number of ketones is 1. The topological polar surface area (TPSA) is 68.6 Å². The number of rotatable bonds is 1. The Balaban J connectivity index is 2.77. The molecule has 0 radical (unpaired) electrons. The van der Waals surface area contributed by atoms with Gasteiger partial charge in [-0.2, -0.15) is 0 Å². The maximum atomic E-state index is 11.2. The molecular formula is C9H8N4O. The first-order valence-electron chi connectivity index (χ1n) is 4.14. The van der Waals surface area contributed by atoms with Gasteiger partial charge in [-0.3, -0.25) is 4.79 Å². The maximum Gasteiger partial charge on any atom is 0.181 e. The minimum atomic E-state index is -0.0965. The third-order valence-electron chi connectivity index (χ3n) is 1.85. The third-order valence-corrected chi connectivity index (χ3v) is 1.85. The van der Waals surface area contributed by atoms with Gasteiger partial charge in [0.25, 0.3) is 0 Å². The van der Waals surface area contributed by atoms with Gasteiger partial charge >= 0.3 is 0 Å². The molecule has 2 aromatic rings. The summed E-state index contributed by atoms with van der Waals surface area (Å²) in [7, 11) is 0. The standard InChI is InChI=1S/C9H8N4O/c1-5-8(6(2)14)13-7-3-10-4-11-9(7)12-5/h3-4H,1-2H3. The quantitative estimate of drug-likeness (QED) is 0.622. The summed E-state index contributed by atoms with van der Waals surface area (Å²) in [5.41, 5.74) is 2.04. The van der Waals surface area contributed by atoms with Crippen molar-refractivity contribution in [2.24, 2.45) is 0 Å². The van der Waals surface area contributed by atoms with Gasteiger partial charge in [0.05, 0.1) is 11.9 Å². The summed E-state index contributed by atoms with van der Waals surface area (Å²) < 4.78 is 0. The van der Waals surface area contributed by atoms with E-state index >= 15 is 0 Å². The van der Waals surface area contributed by atoms with Crippen molar-refractivity contribution in [1.82, 2.24) is 19.9 Å². The summed E-state index contributed by atoms with van der Waals surface area (Å²) in [6.45, 7) is 3.21. The summed E-state index contributed by atoms with van der Waals surface area (Å²) in [6.07, 6.45) is 2.95. The Morgan fingerprint density at radius 2 is 2.14 bits per heavy atom. The van der Waals surface area contributed by atoms with Crippen molar-refractivity contribution < 1.29 is 4.79 Å². The van der Waals surface area contributed by atoms with Crippen LogP contribution in [0.15, 0.2) is 12.5 Å². The van der Waals surface area contributed by atoms with Crippen LogP contribution in [0.1, 0.15) is 23.1 Å². The molecule has 14 heavy (non-hydrogen) atoms. The van der Waals surface area contributed by atoms with Crippen molar-refractivity contribution >= 4 is 16.9 Å². The zero-order chi connectivity index (χ0) is 10.1. The molecule has 2 heterocycles. The minimum Gasteiger partial charge on any atom is -0.293 e.